The molecule has 0 aliphatic heterocycles. The van der Waals surface area contributed by atoms with Gasteiger partial charge in [0, 0.05) is 25.8 Å². The molecule has 0 aliphatic carbocycles. The van der Waals surface area contributed by atoms with Gasteiger partial charge in [0.1, 0.15) is 0 Å². The Morgan fingerprint density at radius 2 is 1.81 bits per heavy atom. The maximum Gasteiger partial charge on any atom is 0.226 e. The van der Waals surface area contributed by atoms with Gasteiger partial charge in [-0.05, 0) is 43.5 Å². The van der Waals surface area contributed by atoms with Crippen LogP contribution in [-0.2, 0) is 4.79 Å². The minimum Gasteiger partial charge on any atom is -0.396 e. The summed E-state index contributed by atoms with van der Waals surface area (Å²) in [5.41, 5.74) is 3.22. The first-order valence-electron chi connectivity index (χ1n) is 5.50. The summed E-state index contributed by atoms with van der Waals surface area (Å²) in [6.45, 7) is 4.09. The summed E-state index contributed by atoms with van der Waals surface area (Å²) in [5, 5.41) is 8.68. The van der Waals surface area contributed by atoms with Crippen LogP contribution in [0.25, 0.3) is 0 Å². The molecule has 0 radical (unpaired) electrons. The maximum atomic E-state index is 11.7. The molecule has 16 heavy (non-hydrogen) atoms. The van der Waals surface area contributed by atoms with E-state index in [-0.39, 0.29) is 12.5 Å². The Bertz CT molecular complexity index is 354. The predicted molar refractivity (Wildman–Crippen MR) is 65.6 cm³/mol. The Hall–Kier alpha value is -1.35. The first-order valence-corrected chi connectivity index (χ1v) is 5.50. The summed E-state index contributed by atoms with van der Waals surface area (Å²) >= 11 is 0. The number of amides is 1. The normalized spacial score (nSPS) is 10.2. The molecule has 1 amide bonds. The molecule has 0 spiro atoms. The van der Waals surface area contributed by atoms with Gasteiger partial charge in [0.25, 0.3) is 0 Å². The number of aliphatic hydroxyl groups is 1. The van der Waals surface area contributed by atoms with Crippen molar-refractivity contribution < 1.29 is 9.90 Å². The van der Waals surface area contributed by atoms with Gasteiger partial charge in [-0.1, -0.05) is 6.07 Å². The van der Waals surface area contributed by atoms with Gasteiger partial charge < -0.3 is 10.0 Å². The van der Waals surface area contributed by atoms with Crippen LogP contribution in [0.3, 0.4) is 0 Å². The number of hydrogen-bond acceptors (Lipinski definition) is 2. The van der Waals surface area contributed by atoms with Crippen LogP contribution in [0.5, 0.6) is 0 Å². The van der Waals surface area contributed by atoms with Crippen LogP contribution in [0.15, 0.2) is 18.2 Å². The van der Waals surface area contributed by atoms with Crippen LogP contribution >= 0.6 is 0 Å². The number of carbonyl (C=O) groups excluding carboxylic acids is 1. The molecule has 1 rings (SSSR count). The van der Waals surface area contributed by atoms with Crippen molar-refractivity contribution in [2.45, 2.75) is 26.7 Å². The second-order valence-electron chi connectivity index (χ2n) is 4.13. The lowest BCUT2D eigenvalue weighted by atomic mass is 10.1. The van der Waals surface area contributed by atoms with Crippen LogP contribution in [0.2, 0.25) is 0 Å². The standard InChI is InChI=1S/C13H19NO2/c1-10-7-11(2)9-12(8-10)14(3)13(16)5-4-6-15/h7-9,15H,4-6H2,1-3H3. The average Bonchev–Trinajstić information content (AvgIpc) is 2.23. The van der Waals surface area contributed by atoms with E-state index >= 15 is 0 Å². The third-order valence-corrected chi connectivity index (χ3v) is 2.52. The van der Waals surface area contributed by atoms with Crippen molar-refractivity contribution in [3.63, 3.8) is 0 Å². The molecular weight excluding hydrogens is 202 g/mol. The fourth-order valence-electron chi connectivity index (χ4n) is 1.69. The molecule has 0 saturated carbocycles. The number of rotatable bonds is 4. The molecule has 0 atom stereocenters. The Labute approximate surface area is 96.7 Å². The fraction of sp³-hybridized carbons (Fsp3) is 0.462. The quantitative estimate of drug-likeness (QED) is 0.845. The van der Waals surface area contributed by atoms with Gasteiger partial charge in [0.05, 0.1) is 0 Å². The first-order chi connectivity index (χ1) is 7.54. The zero-order valence-electron chi connectivity index (χ0n) is 10.2. The summed E-state index contributed by atoms with van der Waals surface area (Å²) in [6, 6.07) is 6.06. The van der Waals surface area contributed by atoms with E-state index in [0.717, 1.165) is 16.8 Å². The highest BCUT2D eigenvalue weighted by Gasteiger charge is 2.10. The van der Waals surface area contributed by atoms with Gasteiger partial charge >= 0.3 is 0 Å². The molecule has 1 aromatic rings. The van der Waals surface area contributed by atoms with E-state index in [9.17, 15) is 4.79 Å². The highest BCUT2D eigenvalue weighted by Crippen LogP contribution is 2.18. The van der Waals surface area contributed by atoms with E-state index in [1.165, 1.54) is 0 Å². The van der Waals surface area contributed by atoms with Crippen LogP contribution in [-0.4, -0.2) is 24.7 Å². The van der Waals surface area contributed by atoms with Crippen molar-refractivity contribution in [2.75, 3.05) is 18.6 Å². The largest absolute Gasteiger partial charge is 0.396 e. The Kier molecular flexibility index (Phi) is 4.50. The molecule has 0 heterocycles. The molecule has 0 bridgehead atoms. The second-order valence-corrected chi connectivity index (χ2v) is 4.13. The van der Waals surface area contributed by atoms with Gasteiger partial charge in [0.15, 0.2) is 0 Å². The second kappa shape index (κ2) is 5.66. The van der Waals surface area contributed by atoms with Gasteiger partial charge in [0.2, 0.25) is 5.91 Å². The number of nitrogens with zero attached hydrogens (tertiary/aromatic N) is 1. The lowest BCUT2D eigenvalue weighted by molar-refractivity contribution is -0.118. The van der Waals surface area contributed by atoms with Crippen LogP contribution in [0, 0.1) is 13.8 Å². The van der Waals surface area contributed by atoms with E-state index < -0.39 is 0 Å². The topological polar surface area (TPSA) is 40.5 Å². The summed E-state index contributed by atoms with van der Waals surface area (Å²) < 4.78 is 0. The zero-order valence-corrected chi connectivity index (χ0v) is 10.2. The smallest absolute Gasteiger partial charge is 0.226 e. The van der Waals surface area contributed by atoms with Gasteiger partial charge in [-0.2, -0.15) is 0 Å². The van der Waals surface area contributed by atoms with Crippen molar-refractivity contribution in [2.24, 2.45) is 0 Å². The maximum absolute atomic E-state index is 11.7. The van der Waals surface area contributed by atoms with E-state index in [0.29, 0.717) is 12.8 Å². The van der Waals surface area contributed by atoms with Crippen molar-refractivity contribution in [3.8, 4) is 0 Å². The minimum absolute atomic E-state index is 0.0408. The van der Waals surface area contributed by atoms with Crippen LogP contribution < -0.4 is 4.90 Å². The summed E-state index contributed by atoms with van der Waals surface area (Å²) in [4.78, 5) is 13.4. The molecule has 3 heteroatoms. The Morgan fingerprint density at radius 3 is 2.31 bits per heavy atom. The van der Waals surface area contributed by atoms with Crippen LogP contribution in [0.1, 0.15) is 24.0 Å². The molecule has 0 fully saturated rings. The van der Waals surface area contributed by atoms with Crippen molar-refractivity contribution in [1.29, 1.82) is 0 Å². The third-order valence-electron chi connectivity index (χ3n) is 2.52. The molecule has 0 unspecified atom stereocenters. The van der Waals surface area contributed by atoms with E-state index in [4.69, 9.17) is 5.11 Å². The molecule has 0 aromatic heterocycles. The minimum atomic E-state index is 0.0408. The van der Waals surface area contributed by atoms with Gasteiger partial charge in [-0.25, -0.2) is 0 Å². The molecule has 0 aliphatic rings. The van der Waals surface area contributed by atoms with E-state index in [1.54, 1.807) is 11.9 Å². The third kappa shape index (κ3) is 3.35. The lowest BCUT2D eigenvalue weighted by Gasteiger charge is -2.18. The number of aryl methyl sites for hydroxylation is 2. The van der Waals surface area contributed by atoms with Gasteiger partial charge in [-0.15, -0.1) is 0 Å². The SMILES string of the molecule is Cc1cc(C)cc(N(C)C(=O)CCCO)c1. The molecule has 0 saturated heterocycles. The number of benzene rings is 1. The monoisotopic (exact) mass is 221 g/mol. The molecule has 1 N–H and O–H groups in total. The Balaban J connectivity index is 2.79. The molecule has 3 nitrogen and oxygen atoms in total. The average molecular weight is 221 g/mol. The van der Waals surface area contributed by atoms with E-state index in [2.05, 4.69) is 6.07 Å². The van der Waals surface area contributed by atoms with Crippen molar-refractivity contribution in [3.05, 3.63) is 29.3 Å². The summed E-state index contributed by atoms with van der Waals surface area (Å²) in [6.07, 6.45) is 0.911. The fourth-order valence-corrected chi connectivity index (χ4v) is 1.69. The zero-order chi connectivity index (χ0) is 12.1. The number of hydrogen-bond donors (Lipinski definition) is 1. The number of anilines is 1. The molecule has 1 aromatic carbocycles. The Morgan fingerprint density at radius 1 is 1.25 bits per heavy atom. The molecule has 88 valence electrons. The summed E-state index contributed by atoms with van der Waals surface area (Å²) in [5.74, 6) is 0.0408. The highest BCUT2D eigenvalue weighted by molar-refractivity contribution is 5.92. The summed E-state index contributed by atoms with van der Waals surface area (Å²) in [7, 11) is 1.77. The predicted octanol–water partition coefficient (Wildman–Crippen LogP) is 2.04. The van der Waals surface area contributed by atoms with E-state index in [1.807, 2.05) is 26.0 Å². The number of carbonyl (C=O) groups is 1. The number of aliphatic hydroxyl groups excluding tert-OH is 1. The van der Waals surface area contributed by atoms with Crippen molar-refractivity contribution in [1.82, 2.24) is 0 Å². The lowest BCUT2D eigenvalue weighted by Crippen LogP contribution is -2.26. The highest BCUT2D eigenvalue weighted by atomic mass is 16.3. The van der Waals surface area contributed by atoms with Crippen LogP contribution in [0.4, 0.5) is 5.69 Å². The first kappa shape index (κ1) is 12.7. The van der Waals surface area contributed by atoms with Gasteiger partial charge in [-0.3, -0.25) is 4.79 Å². The van der Waals surface area contributed by atoms with Crippen molar-refractivity contribution >= 4 is 11.6 Å². The molecular formula is C13H19NO2.